The summed E-state index contributed by atoms with van der Waals surface area (Å²) in [5, 5.41) is 0. The molecule has 1 fully saturated rings. The Labute approximate surface area is 103 Å². The second-order valence-electron chi connectivity index (χ2n) is 5.15. The van der Waals surface area contributed by atoms with Crippen molar-refractivity contribution in [1.29, 1.82) is 0 Å². The number of nitrogen functional groups attached to an aromatic ring is 1. The SMILES string of the molecule is CCc1c(N)ncnc1N1CCC(C(C)C)C1. The average Bonchev–Trinajstić information content (AvgIpc) is 2.77. The maximum absolute atomic E-state index is 5.92. The van der Waals surface area contributed by atoms with Crippen molar-refractivity contribution in [3.63, 3.8) is 0 Å². The molecule has 0 aromatic carbocycles. The van der Waals surface area contributed by atoms with Crippen LogP contribution in [-0.4, -0.2) is 23.1 Å². The van der Waals surface area contributed by atoms with Crippen LogP contribution in [0.2, 0.25) is 0 Å². The van der Waals surface area contributed by atoms with Gasteiger partial charge < -0.3 is 10.6 Å². The van der Waals surface area contributed by atoms with E-state index in [1.54, 1.807) is 6.33 Å². The van der Waals surface area contributed by atoms with E-state index in [1.807, 2.05) is 0 Å². The highest BCUT2D eigenvalue weighted by atomic mass is 15.2. The number of nitrogens with zero attached hydrogens (tertiary/aromatic N) is 3. The van der Waals surface area contributed by atoms with E-state index in [2.05, 4.69) is 35.6 Å². The molecular weight excluding hydrogens is 212 g/mol. The van der Waals surface area contributed by atoms with Gasteiger partial charge in [0.15, 0.2) is 0 Å². The molecule has 1 saturated heterocycles. The Hall–Kier alpha value is -1.32. The van der Waals surface area contributed by atoms with E-state index in [4.69, 9.17) is 5.73 Å². The summed E-state index contributed by atoms with van der Waals surface area (Å²) in [6.45, 7) is 8.88. The summed E-state index contributed by atoms with van der Waals surface area (Å²) in [6.07, 6.45) is 3.72. The van der Waals surface area contributed by atoms with Crippen LogP contribution in [0.5, 0.6) is 0 Å². The lowest BCUT2D eigenvalue weighted by molar-refractivity contribution is 0.422. The summed E-state index contributed by atoms with van der Waals surface area (Å²) in [4.78, 5) is 10.9. The first-order chi connectivity index (χ1) is 8.13. The van der Waals surface area contributed by atoms with Crippen molar-refractivity contribution >= 4 is 11.6 Å². The first kappa shape index (κ1) is 12.1. The van der Waals surface area contributed by atoms with Gasteiger partial charge in [0.25, 0.3) is 0 Å². The summed E-state index contributed by atoms with van der Waals surface area (Å²) in [5.74, 6) is 3.19. The third-order valence-electron chi connectivity index (χ3n) is 3.78. The van der Waals surface area contributed by atoms with E-state index in [1.165, 1.54) is 6.42 Å². The zero-order chi connectivity index (χ0) is 12.4. The number of anilines is 2. The fraction of sp³-hybridized carbons (Fsp3) is 0.692. The topological polar surface area (TPSA) is 55.0 Å². The molecule has 2 rings (SSSR count). The van der Waals surface area contributed by atoms with Crippen molar-refractivity contribution in [2.75, 3.05) is 23.7 Å². The van der Waals surface area contributed by atoms with Crippen molar-refractivity contribution < 1.29 is 0 Å². The van der Waals surface area contributed by atoms with Gasteiger partial charge >= 0.3 is 0 Å². The molecule has 94 valence electrons. The summed E-state index contributed by atoms with van der Waals surface area (Å²) >= 11 is 0. The number of hydrogen-bond donors (Lipinski definition) is 1. The summed E-state index contributed by atoms with van der Waals surface area (Å²) in [5.41, 5.74) is 7.01. The van der Waals surface area contributed by atoms with Gasteiger partial charge in [0.2, 0.25) is 0 Å². The Morgan fingerprint density at radius 2 is 2.24 bits per heavy atom. The van der Waals surface area contributed by atoms with Crippen LogP contribution in [-0.2, 0) is 6.42 Å². The van der Waals surface area contributed by atoms with Crippen molar-refractivity contribution in [2.45, 2.75) is 33.6 Å². The predicted octanol–water partition coefficient (Wildman–Crippen LogP) is 2.10. The van der Waals surface area contributed by atoms with Gasteiger partial charge in [-0.1, -0.05) is 20.8 Å². The monoisotopic (exact) mass is 234 g/mol. The first-order valence-electron chi connectivity index (χ1n) is 6.47. The summed E-state index contributed by atoms with van der Waals surface area (Å²) in [7, 11) is 0. The molecule has 0 bridgehead atoms. The highest BCUT2D eigenvalue weighted by molar-refractivity contribution is 5.57. The molecule has 4 nitrogen and oxygen atoms in total. The molecule has 0 amide bonds. The van der Waals surface area contributed by atoms with E-state index < -0.39 is 0 Å². The Balaban J connectivity index is 2.21. The molecule has 2 N–H and O–H groups in total. The smallest absolute Gasteiger partial charge is 0.137 e. The predicted molar refractivity (Wildman–Crippen MR) is 71.0 cm³/mol. The van der Waals surface area contributed by atoms with Crippen LogP contribution < -0.4 is 10.6 Å². The minimum absolute atomic E-state index is 0.630. The van der Waals surface area contributed by atoms with Crippen LogP contribution in [0.15, 0.2) is 6.33 Å². The lowest BCUT2D eigenvalue weighted by Crippen LogP contribution is -2.24. The van der Waals surface area contributed by atoms with Gasteiger partial charge in [-0.15, -0.1) is 0 Å². The summed E-state index contributed by atoms with van der Waals surface area (Å²) in [6, 6.07) is 0. The third-order valence-corrected chi connectivity index (χ3v) is 3.78. The van der Waals surface area contributed by atoms with Gasteiger partial charge in [-0.2, -0.15) is 0 Å². The maximum Gasteiger partial charge on any atom is 0.137 e. The van der Waals surface area contributed by atoms with Gasteiger partial charge in [0, 0.05) is 18.7 Å². The largest absolute Gasteiger partial charge is 0.383 e. The molecule has 0 spiro atoms. The highest BCUT2D eigenvalue weighted by Gasteiger charge is 2.27. The molecule has 1 unspecified atom stereocenters. The van der Waals surface area contributed by atoms with Crippen molar-refractivity contribution in [1.82, 2.24) is 9.97 Å². The second-order valence-corrected chi connectivity index (χ2v) is 5.15. The second kappa shape index (κ2) is 4.90. The van der Waals surface area contributed by atoms with Crippen LogP contribution in [0.1, 0.15) is 32.8 Å². The molecule has 4 heteroatoms. The van der Waals surface area contributed by atoms with Gasteiger partial charge in [-0.3, -0.25) is 0 Å². The number of rotatable bonds is 3. The molecule has 1 aromatic rings. The molecule has 0 aliphatic carbocycles. The fourth-order valence-corrected chi connectivity index (χ4v) is 2.55. The molecule has 1 aromatic heterocycles. The number of hydrogen-bond acceptors (Lipinski definition) is 4. The Morgan fingerprint density at radius 1 is 1.47 bits per heavy atom. The molecule has 2 heterocycles. The zero-order valence-corrected chi connectivity index (χ0v) is 11.0. The van der Waals surface area contributed by atoms with Crippen LogP contribution in [0.3, 0.4) is 0 Å². The van der Waals surface area contributed by atoms with E-state index >= 15 is 0 Å². The lowest BCUT2D eigenvalue weighted by Gasteiger charge is -2.21. The summed E-state index contributed by atoms with van der Waals surface area (Å²) < 4.78 is 0. The minimum atomic E-state index is 0.630. The van der Waals surface area contributed by atoms with Crippen molar-refractivity contribution in [3.05, 3.63) is 11.9 Å². The van der Waals surface area contributed by atoms with Crippen molar-refractivity contribution in [2.24, 2.45) is 11.8 Å². The van der Waals surface area contributed by atoms with Gasteiger partial charge in [-0.05, 0) is 24.7 Å². The Bertz CT molecular complexity index is 389. The molecule has 0 saturated carbocycles. The van der Waals surface area contributed by atoms with Crippen LogP contribution in [0.25, 0.3) is 0 Å². The molecule has 0 radical (unpaired) electrons. The van der Waals surface area contributed by atoms with Crippen LogP contribution in [0.4, 0.5) is 11.6 Å². The third kappa shape index (κ3) is 2.35. The normalized spacial score (nSPS) is 20.2. The molecular formula is C13H22N4. The van der Waals surface area contributed by atoms with Gasteiger partial charge in [0.1, 0.15) is 18.0 Å². The molecule has 1 aliphatic heterocycles. The standard InChI is InChI=1S/C13H22N4/c1-4-11-12(14)15-8-16-13(11)17-6-5-10(7-17)9(2)3/h8-10H,4-7H2,1-3H3,(H2,14,15,16). The average molecular weight is 234 g/mol. The minimum Gasteiger partial charge on any atom is -0.383 e. The van der Waals surface area contributed by atoms with E-state index in [9.17, 15) is 0 Å². The van der Waals surface area contributed by atoms with Crippen molar-refractivity contribution in [3.8, 4) is 0 Å². The van der Waals surface area contributed by atoms with E-state index in [-0.39, 0.29) is 0 Å². The maximum atomic E-state index is 5.92. The highest BCUT2D eigenvalue weighted by Crippen LogP contribution is 2.30. The van der Waals surface area contributed by atoms with Crippen LogP contribution >= 0.6 is 0 Å². The quantitative estimate of drug-likeness (QED) is 0.870. The molecule has 1 atom stereocenters. The number of nitrogens with two attached hydrogens (primary N) is 1. The Kier molecular flexibility index (Phi) is 3.50. The fourth-order valence-electron chi connectivity index (χ4n) is 2.55. The van der Waals surface area contributed by atoms with E-state index in [0.717, 1.165) is 42.7 Å². The number of aromatic nitrogens is 2. The van der Waals surface area contributed by atoms with Crippen LogP contribution in [0, 0.1) is 11.8 Å². The van der Waals surface area contributed by atoms with Gasteiger partial charge in [-0.25, -0.2) is 9.97 Å². The Morgan fingerprint density at radius 3 is 2.82 bits per heavy atom. The molecule has 17 heavy (non-hydrogen) atoms. The lowest BCUT2D eigenvalue weighted by atomic mass is 9.95. The molecule has 1 aliphatic rings. The first-order valence-corrected chi connectivity index (χ1v) is 6.47. The van der Waals surface area contributed by atoms with Gasteiger partial charge in [0.05, 0.1) is 0 Å². The van der Waals surface area contributed by atoms with E-state index in [0.29, 0.717) is 5.82 Å². The zero-order valence-electron chi connectivity index (χ0n) is 11.0.